The Balaban J connectivity index is 1.92. The molecule has 6 nitrogen and oxygen atoms in total. The van der Waals surface area contributed by atoms with Gasteiger partial charge in [0.05, 0.1) is 13.4 Å². The molecule has 0 unspecified atom stereocenters. The zero-order chi connectivity index (χ0) is 15.8. The van der Waals surface area contributed by atoms with Crippen LogP contribution in [0.15, 0.2) is 53.2 Å². The predicted molar refractivity (Wildman–Crippen MR) is 80.3 cm³/mol. The molecule has 0 spiro atoms. The van der Waals surface area contributed by atoms with Gasteiger partial charge < -0.3 is 19.2 Å². The minimum Gasteiger partial charge on any atom is -0.482 e. The Bertz CT molecular complexity index is 661. The number of hydrogen-bond donors (Lipinski definition) is 1. The van der Waals surface area contributed by atoms with Gasteiger partial charge in [-0.3, -0.25) is 4.79 Å². The highest BCUT2D eigenvalue weighted by atomic mass is 16.6. The van der Waals surface area contributed by atoms with Crippen LogP contribution in [0.25, 0.3) is 6.08 Å². The van der Waals surface area contributed by atoms with Crippen molar-refractivity contribution in [2.24, 2.45) is 0 Å². The predicted octanol–water partition coefficient (Wildman–Crippen LogP) is 2.48. The molecule has 6 heteroatoms. The van der Waals surface area contributed by atoms with Crippen LogP contribution in [0.4, 0.5) is 5.69 Å². The number of carbonyl (C=O) groups is 2. The first-order valence-corrected chi connectivity index (χ1v) is 6.49. The number of carbonyl (C=O) groups excluding carboxylic acids is 2. The van der Waals surface area contributed by atoms with Gasteiger partial charge in [0.2, 0.25) is 5.91 Å². The van der Waals surface area contributed by atoms with Crippen molar-refractivity contribution in [2.75, 3.05) is 19.0 Å². The molecule has 0 atom stereocenters. The summed E-state index contributed by atoms with van der Waals surface area (Å²) in [7, 11) is 1.29. The van der Waals surface area contributed by atoms with Crippen LogP contribution in [0.3, 0.4) is 0 Å². The summed E-state index contributed by atoms with van der Waals surface area (Å²) in [5.74, 6) is 0.265. The fourth-order valence-electron chi connectivity index (χ4n) is 1.59. The number of amides is 1. The lowest BCUT2D eigenvalue weighted by molar-refractivity contribution is -0.142. The van der Waals surface area contributed by atoms with Crippen LogP contribution >= 0.6 is 0 Å². The third kappa shape index (κ3) is 4.82. The second-order valence-corrected chi connectivity index (χ2v) is 4.23. The molecule has 114 valence electrons. The molecule has 1 heterocycles. The monoisotopic (exact) mass is 301 g/mol. The number of nitrogens with one attached hydrogen (secondary N) is 1. The number of rotatable bonds is 6. The van der Waals surface area contributed by atoms with Gasteiger partial charge in [-0.05, 0) is 30.3 Å². The van der Waals surface area contributed by atoms with E-state index in [1.165, 1.54) is 19.4 Å². The standard InChI is InChI=1S/C16H15NO5/c1-20-16(19)11-22-14-5-2-4-12(10-14)17-15(18)8-7-13-6-3-9-21-13/h2-10H,11H2,1H3,(H,17,18). The fraction of sp³-hybridized carbons (Fsp3) is 0.125. The molecule has 0 saturated heterocycles. The maximum Gasteiger partial charge on any atom is 0.343 e. The molecular weight excluding hydrogens is 286 g/mol. The Morgan fingerprint density at radius 3 is 2.86 bits per heavy atom. The van der Waals surface area contributed by atoms with Gasteiger partial charge in [-0.1, -0.05) is 6.07 Å². The minimum atomic E-state index is -0.476. The van der Waals surface area contributed by atoms with Gasteiger partial charge in [-0.2, -0.15) is 0 Å². The quantitative estimate of drug-likeness (QED) is 0.655. The average molecular weight is 301 g/mol. The number of ether oxygens (including phenoxy) is 2. The maximum absolute atomic E-state index is 11.8. The first-order chi connectivity index (χ1) is 10.7. The van der Waals surface area contributed by atoms with Crippen LogP contribution in [0.5, 0.6) is 5.75 Å². The van der Waals surface area contributed by atoms with Crippen molar-refractivity contribution < 1.29 is 23.5 Å². The van der Waals surface area contributed by atoms with Gasteiger partial charge in [0.25, 0.3) is 0 Å². The number of hydrogen-bond acceptors (Lipinski definition) is 5. The Kier molecular flexibility index (Phi) is 5.37. The molecule has 0 aliphatic heterocycles. The van der Waals surface area contributed by atoms with E-state index in [2.05, 4.69) is 10.1 Å². The highest BCUT2D eigenvalue weighted by molar-refractivity contribution is 6.01. The van der Waals surface area contributed by atoms with Crippen LogP contribution in [-0.4, -0.2) is 25.6 Å². The third-order valence-corrected chi connectivity index (χ3v) is 2.63. The summed E-state index contributed by atoms with van der Waals surface area (Å²) in [5.41, 5.74) is 0.552. The normalized spacial score (nSPS) is 10.4. The molecule has 0 saturated carbocycles. The largest absolute Gasteiger partial charge is 0.482 e. The van der Waals surface area contributed by atoms with E-state index in [1.54, 1.807) is 42.5 Å². The van der Waals surface area contributed by atoms with E-state index in [0.29, 0.717) is 17.2 Å². The van der Waals surface area contributed by atoms with E-state index < -0.39 is 5.97 Å². The van der Waals surface area contributed by atoms with Gasteiger partial charge in [-0.25, -0.2) is 4.79 Å². The van der Waals surface area contributed by atoms with E-state index in [0.717, 1.165) is 0 Å². The SMILES string of the molecule is COC(=O)COc1cccc(NC(=O)C=Cc2ccco2)c1. The molecule has 0 radical (unpaired) electrons. The average Bonchev–Trinajstić information content (AvgIpc) is 3.04. The number of furan rings is 1. The topological polar surface area (TPSA) is 77.8 Å². The molecule has 0 aliphatic carbocycles. The third-order valence-electron chi connectivity index (χ3n) is 2.63. The highest BCUT2D eigenvalue weighted by Crippen LogP contribution is 2.17. The molecule has 2 rings (SSSR count). The van der Waals surface area contributed by atoms with Gasteiger partial charge >= 0.3 is 5.97 Å². The first-order valence-electron chi connectivity index (χ1n) is 6.49. The van der Waals surface area contributed by atoms with E-state index >= 15 is 0 Å². The van der Waals surface area contributed by atoms with E-state index in [4.69, 9.17) is 9.15 Å². The Hall–Kier alpha value is -3.02. The van der Waals surface area contributed by atoms with Crippen LogP contribution in [0.2, 0.25) is 0 Å². The van der Waals surface area contributed by atoms with Crippen molar-refractivity contribution in [3.63, 3.8) is 0 Å². The fourth-order valence-corrected chi connectivity index (χ4v) is 1.59. The Labute approximate surface area is 127 Å². The summed E-state index contributed by atoms with van der Waals surface area (Å²) in [4.78, 5) is 22.8. The van der Waals surface area contributed by atoms with E-state index in [-0.39, 0.29) is 12.5 Å². The smallest absolute Gasteiger partial charge is 0.343 e. The molecule has 2 aromatic rings. The van der Waals surface area contributed by atoms with Gasteiger partial charge in [-0.15, -0.1) is 0 Å². The zero-order valence-corrected chi connectivity index (χ0v) is 11.9. The zero-order valence-electron chi connectivity index (χ0n) is 11.9. The van der Waals surface area contributed by atoms with Gasteiger partial charge in [0.1, 0.15) is 11.5 Å². The van der Waals surface area contributed by atoms with Crippen LogP contribution in [0.1, 0.15) is 5.76 Å². The molecule has 0 aliphatic rings. The molecule has 22 heavy (non-hydrogen) atoms. The van der Waals surface area contributed by atoms with Crippen LogP contribution in [0, 0.1) is 0 Å². The first kappa shape index (κ1) is 15.4. The summed E-state index contributed by atoms with van der Waals surface area (Å²) in [6.45, 7) is -0.188. The number of anilines is 1. The molecule has 0 bridgehead atoms. The Morgan fingerprint density at radius 2 is 2.14 bits per heavy atom. The molecule has 1 aromatic heterocycles. The summed E-state index contributed by atoms with van der Waals surface area (Å²) in [5, 5.41) is 2.68. The van der Waals surface area contributed by atoms with Gasteiger partial charge in [0.15, 0.2) is 6.61 Å². The second kappa shape index (κ2) is 7.68. The number of benzene rings is 1. The van der Waals surface area contributed by atoms with E-state index in [1.807, 2.05) is 0 Å². The van der Waals surface area contributed by atoms with Crippen molar-refractivity contribution in [3.8, 4) is 5.75 Å². The summed E-state index contributed by atoms with van der Waals surface area (Å²) >= 11 is 0. The highest BCUT2D eigenvalue weighted by Gasteiger charge is 2.04. The van der Waals surface area contributed by atoms with Crippen molar-refractivity contribution >= 4 is 23.6 Å². The van der Waals surface area contributed by atoms with Crippen LogP contribution in [-0.2, 0) is 14.3 Å². The minimum absolute atomic E-state index is 0.188. The summed E-state index contributed by atoms with van der Waals surface area (Å²) < 4.78 is 14.8. The molecule has 1 amide bonds. The van der Waals surface area contributed by atoms with Crippen molar-refractivity contribution in [2.45, 2.75) is 0 Å². The van der Waals surface area contributed by atoms with Gasteiger partial charge in [0, 0.05) is 17.8 Å². The van der Waals surface area contributed by atoms with Crippen molar-refractivity contribution in [1.82, 2.24) is 0 Å². The molecular formula is C16H15NO5. The summed E-state index contributed by atoms with van der Waals surface area (Å²) in [6, 6.07) is 10.2. The lowest BCUT2D eigenvalue weighted by atomic mass is 10.3. The Morgan fingerprint density at radius 1 is 1.27 bits per heavy atom. The maximum atomic E-state index is 11.8. The number of methoxy groups -OCH3 is 1. The molecule has 1 N–H and O–H groups in total. The van der Waals surface area contributed by atoms with Crippen molar-refractivity contribution in [1.29, 1.82) is 0 Å². The van der Waals surface area contributed by atoms with E-state index in [9.17, 15) is 9.59 Å². The molecule has 0 fully saturated rings. The second-order valence-electron chi connectivity index (χ2n) is 4.23. The van der Waals surface area contributed by atoms with Crippen molar-refractivity contribution in [3.05, 3.63) is 54.5 Å². The van der Waals surface area contributed by atoms with Crippen LogP contribution < -0.4 is 10.1 Å². The lowest BCUT2D eigenvalue weighted by Gasteiger charge is -2.07. The molecule has 1 aromatic carbocycles. The summed E-state index contributed by atoms with van der Waals surface area (Å²) in [6.07, 6.45) is 4.45. The lowest BCUT2D eigenvalue weighted by Crippen LogP contribution is -2.13. The number of esters is 1.